The van der Waals surface area contributed by atoms with Crippen LogP contribution in [0.4, 0.5) is 11.5 Å². The van der Waals surface area contributed by atoms with Crippen molar-refractivity contribution in [1.29, 1.82) is 0 Å². The van der Waals surface area contributed by atoms with Crippen molar-refractivity contribution in [2.75, 3.05) is 24.3 Å². The summed E-state index contributed by atoms with van der Waals surface area (Å²) in [4.78, 5) is 20.8. The first kappa shape index (κ1) is 19.6. The van der Waals surface area contributed by atoms with Crippen LogP contribution in [0.3, 0.4) is 0 Å². The molecular formula is C21H21ClN4O2. The van der Waals surface area contributed by atoms with Crippen molar-refractivity contribution in [3.8, 4) is 5.75 Å². The molecule has 0 fully saturated rings. The number of aryl methyl sites for hydroxylation is 1. The maximum atomic E-state index is 12.4. The number of aromatic nitrogens is 2. The summed E-state index contributed by atoms with van der Waals surface area (Å²) in [5.74, 6) is 1.12. The third kappa shape index (κ3) is 5.20. The quantitative estimate of drug-likeness (QED) is 0.620. The van der Waals surface area contributed by atoms with Gasteiger partial charge in [-0.15, -0.1) is 0 Å². The molecule has 0 aliphatic heterocycles. The minimum absolute atomic E-state index is 0.236. The Kier molecular flexibility index (Phi) is 6.45. The summed E-state index contributed by atoms with van der Waals surface area (Å²) in [6, 6.07) is 13.2. The fourth-order valence-corrected chi connectivity index (χ4v) is 2.75. The Morgan fingerprint density at radius 2 is 1.89 bits per heavy atom. The van der Waals surface area contributed by atoms with E-state index in [-0.39, 0.29) is 11.6 Å². The molecule has 0 saturated carbocycles. The van der Waals surface area contributed by atoms with Crippen molar-refractivity contribution in [3.05, 3.63) is 76.7 Å². The molecule has 7 heteroatoms. The Morgan fingerprint density at radius 1 is 1.11 bits per heavy atom. The normalized spacial score (nSPS) is 10.4. The number of hydrogen-bond acceptors (Lipinski definition) is 5. The molecule has 1 heterocycles. The van der Waals surface area contributed by atoms with E-state index in [1.54, 1.807) is 25.4 Å². The third-order valence-corrected chi connectivity index (χ3v) is 4.45. The smallest absolute Gasteiger partial charge is 0.275 e. The van der Waals surface area contributed by atoms with Gasteiger partial charge in [0.1, 0.15) is 17.3 Å². The van der Waals surface area contributed by atoms with Gasteiger partial charge < -0.3 is 15.4 Å². The van der Waals surface area contributed by atoms with Crippen molar-refractivity contribution in [2.45, 2.75) is 13.3 Å². The van der Waals surface area contributed by atoms with E-state index in [1.165, 1.54) is 11.8 Å². The van der Waals surface area contributed by atoms with E-state index in [2.05, 4.69) is 20.6 Å². The fourth-order valence-electron chi connectivity index (χ4n) is 2.58. The van der Waals surface area contributed by atoms with Gasteiger partial charge in [-0.25, -0.2) is 9.97 Å². The van der Waals surface area contributed by atoms with Gasteiger partial charge in [0.15, 0.2) is 0 Å². The predicted octanol–water partition coefficient (Wildman–Crippen LogP) is 4.35. The zero-order valence-corrected chi connectivity index (χ0v) is 16.5. The lowest BCUT2D eigenvalue weighted by Crippen LogP contribution is -2.15. The Morgan fingerprint density at radius 3 is 2.57 bits per heavy atom. The van der Waals surface area contributed by atoms with Gasteiger partial charge in [0.2, 0.25) is 0 Å². The van der Waals surface area contributed by atoms with E-state index < -0.39 is 0 Å². The van der Waals surface area contributed by atoms with Crippen molar-refractivity contribution < 1.29 is 9.53 Å². The molecule has 3 rings (SSSR count). The Balaban J connectivity index is 1.53. The Labute approximate surface area is 168 Å². The predicted molar refractivity (Wildman–Crippen MR) is 111 cm³/mol. The first-order valence-electron chi connectivity index (χ1n) is 8.81. The van der Waals surface area contributed by atoms with Crippen LogP contribution >= 0.6 is 11.6 Å². The number of benzene rings is 2. The van der Waals surface area contributed by atoms with E-state index in [4.69, 9.17) is 16.3 Å². The standard InChI is InChI=1S/C21H21ClN4O2/c1-14-3-6-16(22)11-18(14)26-21(27)19-12-25-20(13-24-19)23-10-9-15-4-7-17(28-2)8-5-15/h3-8,11-13H,9-10H2,1-2H3,(H,23,25)(H,26,27). The SMILES string of the molecule is COc1ccc(CCNc2cnc(C(=O)Nc3cc(Cl)ccc3C)cn2)cc1. The van der Waals surface area contributed by atoms with Gasteiger partial charge in [0.25, 0.3) is 5.91 Å². The Bertz CT molecular complexity index is 944. The lowest BCUT2D eigenvalue weighted by Gasteiger charge is -2.09. The van der Waals surface area contributed by atoms with Gasteiger partial charge in [-0.2, -0.15) is 0 Å². The number of carbonyl (C=O) groups excluding carboxylic acids is 1. The minimum atomic E-state index is -0.331. The molecule has 0 atom stereocenters. The van der Waals surface area contributed by atoms with E-state index in [9.17, 15) is 4.79 Å². The number of ether oxygens (including phenoxy) is 1. The van der Waals surface area contributed by atoms with Crippen LogP contribution in [0.2, 0.25) is 5.02 Å². The van der Waals surface area contributed by atoms with Crippen molar-refractivity contribution in [2.24, 2.45) is 0 Å². The zero-order valence-electron chi connectivity index (χ0n) is 15.7. The number of carbonyl (C=O) groups is 1. The molecule has 0 aliphatic rings. The summed E-state index contributed by atoms with van der Waals surface area (Å²) >= 11 is 5.98. The molecule has 0 bridgehead atoms. The molecule has 6 nitrogen and oxygen atoms in total. The summed E-state index contributed by atoms with van der Waals surface area (Å²) in [6.07, 6.45) is 3.83. The monoisotopic (exact) mass is 396 g/mol. The molecule has 3 aromatic rings. The van der Waals surface area contributed by atoms with Gasteiger partial charge in [0, 0.05) is 17.3 Å². The van der Waals surface area contributed by atoms with Crippen molar-refractivity contribution >= 4 is 29.0 Å². The number of halogens is 1. The van der Waals surface area contributed by atoms with E-state index in [1.807, 2.05) is 37.3 Å². The lowest BCUT2D eigenvalue weighted by molar-refractivity contribution is 0.102. The van der Waals surface area contributed by atoms with Crippen LogP contribution in [0.1, 0.15) is 21.6 Å². The highest BCUT2D eigenvalue weighted by Crippen LogP contribution is 2.20. The molecule has 0 aliphatic carbocycles. The summed E-state index contributed by atoms with van der Waals surface area (Å²) in [6.45, 7) is 2.60. The molecule has 0 unspecified atom stereocenters. The average Bonchev–Trinajstić information content (AvgIpc) is 2.71. The molecule has 1 aromatic heterocycles. The van der Waals surface area contributed by atoms with Crippen LogP contribution in [-0.4, -0.2) is 29.5 Å². The highest BCUT2D eigenvalue weighted by atomic mass is 35.5. The molecule has 28 heavy (non-hydrogen) atoms. The molecule has 144 valence electrons. The molecule has 2 aromatic carbocycles. The van der Waals surface area contributed by atoms with Gasteiger partial charge in [-0.3, -0.25) is 4.79 Å². The highest BCUT2D eigenvalue weighted by Gasteiger charge is 2.10. The second-order valence-corrected chi connectivity index (χ2v) is 6.66. The average molecular weight is 397 g/mol. The number of nitrogens with zero attached hydrogens (tertiary/aromatic N) is 2. The fraction of sp³-hybridized carbons (Fsp3) is 0.190. The maximum Gasteiger partial charge on any atom is 0.275 e. The topological polar surface area (TPSA) is 76.1 Å². The zero-order chi connectivity index (χ0) is 19.9. The summed E-state index contributed by atoms with van der Waals surface area (Å²) in [5, 5.41) is 6.56. The minimum Gasteiger partial charge on any atom is -0.497 e. The molecule has 1 amide bonds. The number of rotatable bonds is 7. The molecule has 2 N–H and O–H groups in total. The molecule has 0 radical (unpaired) electrons. The summed E-state index contributed by atoms with van der Waals surface area (Å²) in [7, 11) is 1.65. The van der Waals surface area contributed by atoms with E-state index in [0.717, 1.165) is 17.7 Å². The number of hydrogen-bond donors (Lipinski definition) is 2. The molecule has 0 saturated heterocycles. The van der Waals surface area contributed by atoms with Crippen molar-refractivity contribution in [1.82, 2.24) is 9.97 Å². The number of nitrogens with one attached hydrogen (secondary N) is 2. The van der Waals surface area contributed by atoms with Crippen LogP contribution in [-0.2, 0) is 6.42 Å². The van der Waals surface area contributed by atoms with E-state index >= 15 is 0 Å². The first-order chi connectivity index (χ1) is 13.5. The largest absolute Gasteiger partial charge is 0.497 e. The number of amides is 1. The second-order valence-electron chi connectivity index (χ2n) is 6.23. The van der Waals surface area contributed by atoms with Gasteiger partial charge in [-0.05, 0) is 48.7 Å². The number of methoxy groups -OCH3 is 1. The van der Waals surface area contributed by atoms with Crippen LogP contribution < -0.4 is 15.4 Å². The Hall–Kier alpha value is -3.12. The van der Waals surface area contributed by atoms with Gasteiger partial charge in [0.05, 0.1) is 19.5 Å². The first-order valence-corrected chi connectivity index (χ1v) is 9.19. The molecule has 0 spiro atoms. The third-order valence-electron chi connectivity index (χ3n) is 4.21. The van der Waals surface area contributed by atoms with E-state index in [0.29, 0.717) is 23.1 Å². The van der Waals surface area contributed by atoms with Crippen LogP contribution in [0.5, 0.6) is 5.75 Å². The van der Waals surface area contributed by atoms with Crippen molar-refractivity contribution in [3.63, 3.8) is 0 Å². The maximum absolute atomic E-state index is 12.4. The second kappa shape index (κ2) is 9.19. The lowest BCUT2D eigenvalue weighted by atomic mass is 10.1. The number of anilines is 2. The molecular weight excluding hydrogens is 376 g/mol. The van der Waals surface area contributed by atoms with Crippen LogP contribution in [0, 0.1) is 6.92 Å². The summed E-state index contributed by atoms with van der Waals surface area (Å²) in [5.41, 5.74) is 3.00. The highest BCUT2D eigenvalue weighted by molar-refractivity contribution is 6.31. The van der Waals surface area contributed by atoms with Gasteiger partial charge in [-0.1, -0.05) is 29.8 Å². The van der Waals surface area contributed by atoms with Gasteiger partial charge >= 0.3 is 0 Å². The van der Waals surface area contributed by atoms with Crippen LogP contribution in [0.25, 0.3) is 0 Å². The summed E-state index contributed by atoms with van der Waals surface area (Å²) < 4.78 is 5.15. The van der Waals surface area contributed by atoms with Crippen LogP contribution in [0.15, 0.2) is 54.9 Å².